The molecule has 2 heterocycles. The van der Waals surface area contributed by atoms with Gasteiger partial charge in [-0.3, -0.25) is 9.59 Å². The van der Waals surface area contributed by atoms with Crippen molar-refractivity contribution in [3.63, 3.8) is 0 Å². The van der Waals surface area contributed by atoms with E-state index in [4.69, 9.17) is 10.5 Å². The average molecular weight is 494 g/mol. The number of esters is 1. The number of nitrogens with two attached hydrogens (primary N) is 1. The molecule has 3 aromatic rings. The Hall–Kier alpha value is -4.16. The Morgan fingerprint density at radius 1 is 0.946 bits per heavy atom. The van der Waals surface area contributed by atoms with E-state index < -0.39 is 12.0 Å². The molecule has 188 valence electrons. The van der Waals surface area contributed by atoms with Gasteiger partial charge in [0.25, 0.3) is 0 Å². The summed E-state index contributed by atoms with van der Waals surface area (Å²) in [5.41, 5.74) is 13.3. The number of hydrogen-bond acceptors (Lipinski definition) is 6. The summed E-state index contributed by atoms with van der Waals surface area (Å²) in [5.74, 6) is -0.446. The van der Waals surface area contributed by atoms with E-state index in [-0.39, 0.29) is 12.5 Å². The molecule has 2 atom stereocenters. The zero-order valence-electron chi connectivity index (χ0n) is 20.9. The quantitative estimate of drug-likeness (QED) is 0.349. The standard InChI is InChI=1S/C31H31N3O3/c1-22-30-27(26-14-8-9-15-29(26)34(30)20-24-12-6-3-7-13-24)19-25(21-35)33(22)16-17-37-31(36)28(32)18-23-10-4-2-5-11-23/h2-15,19,21,27-28H,16-18,20,32H2,1H3/t27?,28-/m1/s1. The minimum absolute atomic E-state index is 0.00166. The van der Waals surface area contributed by atoms with Crippen molar-refractivity contribution in [1.29, 1.82) is 0 Å². The number of fused-ring (bicyclic) bond motifs is 3. The third-order valence-corrected chi connectivity index (χ3v) is 7.04. The first-order valence-electron chi connectivity index (χ1n) is 12.6. The zero-order chi connectivity index (χ0) is 25.8. The highest BCUT2D eigenvalue weighted by Gasteiger charge is 2.38. The molecular weight excluding hydrogens is 462 g/mol. The summed E-state index contributed by atoms with van der Waals surface area (Å²) in [6, 6.07) is 27.6. The minimum atomic E-state index is -0.737. The van der Waals surface area contributed by atoms with E-state index in [1.807, 2.05) is 78.6 Å². The molecule has 5 rings (SSSR count). The van der Waals surface area contributed by atoms with Gasteiger partial charge >= 0.3 is 5.97 Å². The Bertz CT molecular complexity index is 1330. The normalized spacial score (nSPS) is 17.1. The molecule has 0 saturated heterocycles. The Kier molecular flexibility index (Phi) is 7.19. The smallest absolute Gasteiger partial charge is 0.323 e. The molecule has 0 aliphatic carbocycles. The van der Waals surface area contributed by atoms with E-state index in [1.165, 1.54) is 11.1 Å². The molecule has 1 unspecified atom stereocenters. The summed E-state index contributed by atoms with van der Waals surface area (Å²) in [5, 5.41) is 0. The molecule has 2 N–H and O–H groups in total. The van der Waals surface area contributed by atoms with E-state index in [0.717, 1.165) is 35.5 Å². The number of para-hydroxylation sites is 1. The third kappa shape index (κ3) is 5.06. The van der Waals surface area contributed by atoms with Crippen molar-refractivity contribution in [1.82, 2.24) is 4.90 Å². The summed E-state index contributed by atoms with van der Waals surface area (Å²) in [6.45, 7) is 3.26. The van der Waals surface area contributed by atoms with Crippen molar-refractivity contribution in [2.24, 2.45) is 5.73 Å². The number of aldehydes is 1. The lowest BCUT2D eigenvalue weighted by Gasteiger charge is -2.35. The molecule has 0 saturated carbocycles. The van der Waals surface area contributed by atoms with Crippen LogP contribution in [0.25, 0.3) is 0 Å². The van der Waals surface area contributed by atoms with Crippen molar-refractivity contribution in [2.45, 2.75) is 31.8 Å². The second-order valence-corrected chi connectivity index (χ2v) is 9.40. The van der Waals surface area contributed by atoms with Crippen LogP contribution in [0.2, 0.25) is 0 Å². The summed E-state index contributed by atoms with van der Waals surface area (Å²) in [6.07, 6.45) is 3.31. The predicted octanol–water partition coefficient (Wildman–Crippen LogP) is 4.53. The van der Waals surface area contributed by atoms with Crippen LogP contribution in [0, 0.1) is 0 Å². The molecular formula is C31H31N3O3. The van der Waals surface area contributed by atoms with Gasteiger partial charge in [-0.25, -0.2) is 0 Å². The number of anilines is 1. The van der Waals surface area contributed by atoms with Crippen LogP contribution in [0.4, 0.5) is 5.69 Å². The molecule has 6 nitrogen and oxygen atoms in total. The van der Waals surface area contributed by atoms with E-state index in [1.54, 1.807) is 0 Å². The van der Waals surface area contributed by atoms with Crippen LogP contribution in [0.3, 0.4) is 0 Å². The largest absolute Gasteiger partial charge is 0.463 e. The van der Waals surface area contributed by atoms with Gasteiger partial charge in [-0.05, 0) is 42.2 Å². The first-order valence-corrected chi connectivity index (χ1v) is 12.6. The van der Waals surface area contributed by atoms with Crippen LogP contribution in [0.15, 0.2) is 108 Å². The van der Waals surface area contributed by atoms with Gasteiger partial charge in [0.2, 0.25) is 0 Å². The van der Waals surface area contributed by atoms with Crippen molar-refractivity contribution in [2.75, 3.05) is 18.1 Å². The minimum Gasteiger partial charge on any atom is -0.463 e. The van der Waals surface area contributed by atoms with Crippen molar-refractivity contribution >= 4 is 17.9 Å². The van der Waals surface area contributed by atoms with Gasteiger partial charge in [-0.1, -0.05) is 78.9 Å². The molecule has 2 aliphatic heterocycles. The highest BCUT2D eigenvalue weighted by atomic mass is 16.5. The maximum atomic E-state index is 12.5. The molecule has 2 aliphatic rings. The Morgan fingerprint density at radius 2 is 1.59 bits per heavy atom. The number of benzene rings is 3. The number of carbonyl (C=O) groups is 2. The van der Waals surface area contributed by atoms with Gasteiger partial charge in [0.05, 0.1) is 12.2 Å². The van der Waals surface area contributed by atoms with E-state index in [0.29, 0.717) is 18.7 Å². The molecule has 3 aromatic carbocycles. The molecule has 6 heteroatoms. The predicted molar refractivity (Wildman–Crippen MR) is 144 cm³/mol. The van der Waals surface area contributed by atoms with Gasteiger partial charge in [0, 0.05) is 29.5 Å². The third-order valence-electron chi connectivity index (χ3n) is 7.04. The molecule has 0 spiro atoms. The molecule has 0 aromatic heterocycles. The summed E-state index contributed by atoms with van der Waals surface area (Å²) in [4.78, 5) is 28.9. The van der Waals surface area contributed by atoms with E-state index in [9.17, 15) is 9.59 Å². The lowest BCUT2D eigenvalue weighted by molar-refractivity contribution is -0.145. The highest BCUT2D eigenvalue weighted by Crippen LogP contribution is 2.49. The molecule has 0 radical (unpaired) electrons. The van der Waals surface area contributed by atoms with Crippen LogP contribution >= 0.6 is 0 Å². The first-order chi connectivity index (χ1) is 18.1. The number of hydrogen-bond donors (Lipinski definition) is 1. The molecule has 37 heavy (non-hydrogen) atoms. The lowest BCUT2D eigenvalue weighted by Crippen LogP contribution is -2.37. The number of allylic oxidation sites excluding steroid dienone is 3. The van der Waals surface area contributed by atoms with Crippen LogP contribution in [-0.2, 0) is 27.3 Å². The number of ether oxygens (including phenoxy) is 1. The van der Waals surface area contributed by atoms with Gasteiger partial charge in [0.15, 0.2) is 6.29 Å². The topological polar surface area (TPSA) is 75.9 Å². The van der Waals surface area contributed by atoms with E-state index in [2.05, 4.69) is 29.2 Å². The van der Waals surface area contributed by atoms with E-state index >= 15 is 0 Å². The fraction of sp³-hybridized carbons (Fsp3) is 0.226. The van der Waals surface area contributed by atoms with Crippen LogP contribution < -0.4 is 10.6 Å². The van der Waals surface area contributed by atoms with Crippen molar-refractivity contribution < 1.29 is 14.3 Å². The maximum absolute atomic E-state index is 12.5. The Balaban J connectivity index is 1.34. The second-order valence-electron chi connectivity index (χ2n) is 9.40. The van der Waals surface area contributed by atoms with Gasteiger partial charge in [0.1, 0.15) is 12.6 Å². The van der Waals surface area contributed by atoms with Crippen LogP contribution in [0.5, 0.6) is 0 Å². The van der Waals surface area contributed by atoms with Crippen molar-refractivity contribution in [3.05, 3.63) is 125 Å². The molecule has 0 bridgehead atoms. The summed E-state index contributed by atoms with van der Waals surface area (Å²) in [7, 11) is 0. The average Bonchev–Trinajstić information content (AvgIpc) is 3.24. The van der Waals surface area contributed by atoms with Gasteiger partial charge in [-0.15, -0.1) is 0 Å². The van der Waals surface area contributed by atoms with Crippen molar-refractivity contribution in [3.8, 4) is 0 Å². The fourth-order valence-corrected chi connectivity index (χ4v) is 5.25. The highest BCUT2D eigenvalue weighted by molar-refractivity contribution is 5.79. The monoisotopic (exact) mass is 493 g/mol. The Morgan fingerprint density at radius 3 is 2.30 bits per heavy atom. The summed E-state index contributed by atoms with van der Waals surface area (Å²) >= 11 is 0. The molecule has 0 amide bonds. The number of rotatable bonds is 9. The van der Waals surface area contributed by atoms with Crippen LogP contribution in [0.1, 0.15) is 29.5 Å². The number of nitrogens with zero attached hydrogens (tertiary/aromatic N) is 2. The number of carbonyl (C=O) groups excluding carboxylic acids is 2. The lowest BCUT2D eigenvalue weighted by atomic mass is 9.93. The summed E-state index contributed by atoms with van der Waals surface area (Å²) < 4.78 is 5.53. The zero-order valence-corrected chi connectivity index (χ0v) is 20.9. The van der Waals surface area contributed by atoms with Gasteiger partial charge < -0.3 is 20.3 Å². The molecule has 0 fully saturated rings. The van der Waals surface area contributed by atoms with Crippen LogP contribution in [-0.4, -0.2) is 36.3 Å². The maximum Gasteiger partial charge on any atom is 0.323 e. The van der Waals surface area contributed by atoms with Gasteiger partial charge in [-0.2, -0.15) is 0 Å². The SMILES string of the molecule is CC1=C2C(C=C(C=O)N1CCOC(=O)[C@H](N)Cc1ccccc1)c1ccccc1N2Cc1ccccc1. The second kappa shape index (κ2) is 10.8. The fourth-order valence-electron chi connectivity index (χ4n) is 5.25. The Labute approximate surface area is 217 Å². The first kappa shape index (κ1) is 24.5.